The van der Waals surface area contributed by atoms with Crippen molar-refractivity contribution in [2.75, 3.05) is 7.05 Å². The van der Waals surface area contributed by atoms with E-state index >= 15 is 0 Å². The molecule has 0 spiro atoms. The second kappa shape index (κ2) is 5.31. The van der Waals surface area contributed by atoms with Gasteiger partial charge in [-0.25, -0.2) is 0 Å². The van der Waals surface area contributed by atoms with Gasteiger partial charge in [0.2, 0.25) is 0 Å². The number of hydrogen-bond acceptors (Lipinski definition) is 3. The average molecular weight is 244 g/mol. The third kappa shape index (κ3) is 2.59. The maximum absolute atomic E-state index is 4.53. The van der Waals surface area contributed by atoms with Crippen LogP contribution in [0, 0.1) is 20.8 Å². The molecule has 0 amide bonds. The predicted molar refractivity (Wildman–Crippen MR) is 72.5 cm³/mol. The van der Waals surface area contributed by atoms with Gasteiger partial charge in [0, 0.05) is 18.4 Å². The fourth-order valence-corrected chi connectivity index (χ4v) is 1.95. The van der Waals surface area contributed by atoms with Crippen molar-refractivity contribution in [1.29, 1.82) is 0 Å². The average Bonchev–Trinajstić information content (AvgIpc) is 2.60. The van der Waals surface area contributed by atoms with E-state index in [1.54, 1.807) is 0 Å². The number of nitrogens with zero attached hydrogens (tertiary/aromatic N) is 3. The van der Waals surface area contributed by atoms with Crippen molar-refractivity contribution < 1.29 is 0 Å². The minimum Gasteiger partial charge on any atom is -0.316 e. The van der Waals surface area contributed by atoms with Crippen LogP contribution in [0.25, 0.3) is 0 Å². The van der Waals surface area contributed by atoms with Gasteiger partial charge in [0.15, 0.2) is 0 Å². The van der Waals surface area contributed by atoms with E-state index in [1.807, 2.05) is 24.9 Å². The molecule has 1 N–H and O–H groups in total. The first kappa shape index (κ1) is 12.8. The van der Waals surface area contributed by atoms with Crippen LogP contribution in [0.15, 0.2) is 18.3 Å². The van der Waals surface area contributed by atoms with Gasteiger partial charge in [-0.2, -0.15) is 5.10 Å². The van der Waals surface area contributed by atoms with Crippen LogP contribution in [-0.4, -0.2) is 21.8 Å². The Hall–Kier alpha value is -1.68. The van der Waals surface area contributed by atoms with Gasteiger partial charge in [-0.3, -0.25) is 9.67 Å². The van der Waals surface area contributed by atoms with E-state index in [0.717, 1.165) is 24.5 Å². The van der Waals surface area contributed by atoms with Crippen molar-refractivity contribution in [3.8, 4) is 0 Å². The van der Waals surface area contributed by atoms with Gasteiger partial charge < -0.3 is 5.32 Å². The van der Waals surface area contributed by atoms with Crippen LogP contribution in [0.3, 0.4) is 0 Å². The van der Waals surface area contributed by atoms with Crippen LogP contribution >= 0.6 is 0 Å². The van der Waals surface area contributed by atoms with Crippen LogP contribution in [0.1, 0.15) is 28.2 Å². The molecule has 2 rings (SSSR count). The molecule has 96 valence electrons. The van der Waals surface area contributed by atoms with Crippen LogP contribution in [0.2, 0.25) is 0 Å². The fourth-order valence-electron chi connectivity index (χ4n) is 1.95. The lowest BCUT2D eigenvalue weighted by Gasteiger charge is -2.05. The van der Waals surface area contributed by atoms with E-state index in [0.29, 0.717) is 0 Å². The maximum Gasteiger partial charge on any atom is 0.0834 e. The van der Waals surface area contributed by atoms with E-state index < -0.39 is 0 Å². The number of nitrogens with one attached hydrogen (secondary N) is 1. The normalized spacial score (nSPS) is 10.9. The van der Waals surface area contributed by atoms with Crippen LogP contribution < -0.4 is 5.32 Å². The van der Waals surface area contributed by atoms with Crippen LogP contribution in [-0.2, 0) is 13.1 Å². The van der Waals surface area contributed by atoms with Gasteiger partial charge in [-0.05, 0) is 45.0 Å². The second-order valence-corrected chi connectivity index (χ2v) is 4.64. The van der Waals surface area contributed by atoms with Gasteiger partial charge in [-0.15, -0.1) is 0 Å². The summed E-state index contributed by atoms with van der Waals surface area (Å²) in [6, 6.07) is 4.18. The molecule has 4 nitrogen and oxygen atoms in total. The third-order valence-corrected chi connectivity index (χ3v) is 3.32. The molecule has 2 aromatic rings. The largest absolute Gasteiger partial charge is 0.316 e. The lowest BCUT2D eigenvalue weighted by Crippen LogP contribution is -2.08. The van der Waals surface area contributed by atoms with Crippen LogP contribution in [0.5, 0.6) is 0 Å². The Bertz CT molecular complexity index is 525. The molecule has 0 aliphatic heterocycles. The Labute approximate surface area is 108 Å². The topological polar surface area (TPSA) is 42.7 Å². The standard InChI is InChI=1S/C14H20N4/c1-10-11(2)17-18(12(10)3)9-14-6-5-13(7-15-4)8-16-14/h5-6,8,15H,7,9H2,1-4H3. The third-order valence-electron chi connectivity index (χ3n) is 3.32. The number of hydrogen-bond donors (Lipinski definition) is 1. The van der Waals surface area contributed by atoms with E-state index in [1.165, 1.54) is 16.8 Å². The highest BCUT2D eigenvalue weighted by Gasteiger charge is 2.07. The molecule has 0 unspecified atom stereocenters. The molecule has 0 saturated heterocycles. The zero-order valence-electron chi connectivity index (χ0n) is 11.5. The zero-order chi connectivity index (χ0) is 13.1. The molecule has 18 heavy (non-hydrogen) atoms. The van der Waals surface area contributed by atoms with Gasteiger partial charge in [0.05, 0.1) is 17.9 Å². The lowest BCUT2D eigenvalue weighted by atomic mass is 10.2. The van der Waals surface area contributed by atoms with Crippen molar-refractivity contribution in [1.82, 2.24) is 20.1 Å². The molecule has 0 bridgehead atoms. The smallest absolute Gasteiger partial charge is 0.0834 e. The molecular weight excluding hydrogens is 224 g/mol. The molecular formula is C14H20N4. The summed E-state index contributed by atoms with van der Waals surface area (Å²) in [4.78, 5) is 4.47. The van der Waals surface area contributed by atoms with Crippen molar-refractivity contribution in [2.45, 2.75) is 33.9 Å². The van der Waals surface area contributed by atoms with E-state index in [4.69, 9.17) is 0 Å². The molecule has 0 aliphatic carbocycles. The number of pyridine rings is 1. The van der Waals surface area contributed by atoms with E-state index in [9.17, 15) is 0 Å². The quantitative estimate of drug-likeness (QED) is 0.894. The minimum absolute atomic E-state index is 0.736. The Balaban J connectivity index is 2.15. The fraction of sp³-hybridized carbons (Fsp3) is 0.429. The second-order valence-electron chi connectivity index (χ2n) is 4.64. The molecule has 0 saturated carbocycles. The van der Waals surface area contributed by atoms with E-state index in [2.05, 4.69) is 41.4 Å². The van der Waals surface area contributed by atoms with Crippen molar-refractivity contribution in [3.05, 3.63) is 46.5 Å². The van der Waals surface area contributed by atoms with Crippen molar-refractivity contribution in [3.63, 3.8) is 0 Å². The molecule has 2 aromatic heterocycles. The monoisotopic (exact) mass is 244 g/mol. The molecule has 2 heterocycles. The summed E-state index contributed by atoms with van der Waals surface area (Å²) in [5, 5.41) is 7.64. The van der Waals surface area contributed by atoms with E-state index in [-0.39, 0.29) is 0 Å². The highest BCUT2D eigenvalue weighted by atomic mass is 15.3. The Morgan fingerprint density at radius 3 is 2.50 bits per heavy atom. The minimum atomic E-state index is 0.736. The highest BCUT2D eigenvalue weighted by Crippen LogP contribution is 2.12. The summed E-state index contributed by atoms with van der Waals surface area (Å²) in [6.45, 7) is 7.84. The number of aryl methyl sites for hydroxylation is 1. The van der Waals surface area contributed by atoms with Gasteiger partial charge in [0.25, 0.3) is 0 Å². The SMILES string of the molecule is CNCc1ccc(Cn2nc(C)c(C)c2C)nc1. The predicted octanol–water partition coefficient (Wildman–Crippen LogP) is 1.97. The molecule has 0 atom stereocenters. The van der Waals surface area contributed by atoms with Crippen molar-refractivity contribution in [2.24, 2.45) is 0 Å². The summed E-state index contributed by atoms with van der Waals surface area (Å²) in [5.41, 5.74) is 5.82. The first-order valence-corrected chi connectivity index (χ1v) is 6.21. The Kier molecular flexibility index (Phi) is 3.77. The number of aromatic nitrogens is 3. The van der Waals surface area contributed by atoms with Crippen molar-refractivity contribution >= 4 is 0 Å². The molecule has 4 heteroatoms. The maximum atomic E-state index is 4.53. The number of rotatable bonds is 4. The zero-order valence-corrected chi connectivity index (χ0v) is 11.5. The first-order chi connectivity index (χ1) is 8.61. The molecule has 0 aromatic carbocycles. The highest BCUT2D eigenvalue weighted by molar-refractivity contribution is 5.23. The van der Waals surface area contributed by atoms with Gasteiger partial charge >= 0.3 is 0 Å². The molecule has 0 radical (unpaired) electrons. The summed E-state index contributed by atoms with van der Waals surface area (Å²) in [6.07, 6.45) is 1.92. The first-order valence-electron chi connectivity index (χ1n) is 6.21. The molecule has 0 fully saturated rings. The summed E-state index contributed by atoms with van der Waals surface area (Å²) < 4.78 is 2.02. The Morgan fingerprint density at radius 2 is 2.00 bits per heavy atom. The summed E-state index contributed by atoms with van der Waals surface area (Å²) in [5.74, 6) is 0. The molecule has 0 aliphatic rings. The van der Waals surface area contributed by atoms with Gasteiger partial charge in [-0.1, -0.05) is 6.07 Å². The van der Waals surface area contributed by atoms with Crippen LogP contribution in [0.4, 0.5) is 0 Å². The lowest BCUT2D eigenvalue weighted by molar-refractivity contribution is 0.645. The Morgan fingerprint density at radius 1 is 1.22 bits per heavy atom. The summed E-state index contributed by atoms with van der Waals surface area (Å²) in [7, 11) is 1.94. The van der Waals surface area contributed by atoms with Gasteiger partial charge in [0.1, 0.15) is 0 Å². The summed E-state index contributed by atoms with van der Waals surface area (Å²) >= 11 is 0.